The molecule has 1 aliphatic heterocycles. The Kier molecular flexibility index (Phi) is 7.49. The van der Waals surface area contributed by atoms with Gasteiger partial charge in [0.25, 0.3) is 0 Å². The standard InChI is InChI=1S/C25H27NO5/c1-4-30-24(27)21-16-26(15-18-11-13-20(29-3)14-12-18)17-22(25(28)31-5-2)23(21)19-9-7-6-8-10-19/h6-14,16-17,23H,4-5,15H2,1-3H3. The van der Waals surface area contributed by atoms with Crippen LogP contribution in [-0.2, 0) is 25.6 Å². The Labute approximate surface area is 182 Å². The van der Waals surface area contributed by atoms with Crippen LogP contribution in [0.5, 0.6) is 5.75 Å². The molecule has 0 unspecified atom stereocenters. The van der Waals surface area contributed by atoms with Crippen LogP contribution in [0.4, 0.5) is 0 Å². The second kappa shape index (κ2) is 10.5. The number of hydrogen-bond acceptors (Lipinski definition) is 6. The largest absolute Gasteiger partial charge is 0.497 e. The summed E-state index contributed by atoms with van der Waals surface area (Å²) in [6.07, 6.45) is 3.51. The fraction of sp³-hybridized carbons (Fsp3) is 0.280. The third kappa shape index (κ3) is 5.34. The van der Waals surface area contributed by atoms with Gasteiger partial charge in [0.1, 0.15) is 5.75 Å². The van der Waals surface area contributed by atoms with E-state index in [1.165, 1.54) is 0 Å². The first-order chi connectivity index (χ1) is 15.1. The second-order valence-corrected chi connectivity index (χ2v) is 6.97. The topological polar surface area (TPSA) is 65.1 Å². The maximum atomic E-state index is 12.9. The number of methoxy groups -OCH3 is 1. The third-order valence-corrected chi connectivity index (χ3v) is 4.91. The molecule has 0 N–H and O–H groups in total. The Hall–Kier alpha value is -3.54. The van der Waals surface area contributed by atoms with E-state index >= 15 is 0 Å². The SMILES string of the molecule is CCOC(=O)C1=CN(Cc2ccc(OC)cc2)C=C(C(=O)OCC)C1c1ccccc1. The predicted octanol–water partition coefficient (Wildman–Crippen LogP) is 4.19. The first-order valence-corrected chi connectivity index (χ1v) is 10.3. The fourth-order valence-electron chi connectivity index (χ4n) is 3.52. The second-order valence-electron chi connectivity index (χ2n) is 6.97. The molecule has 0 spiro atoms. The maximum Gasteiger partial charge on any atom is 0.336 e. The van der Waals surface area contributed by atoms with Crippen molar-refractivity contribution in [3.63, 3.8) is 0 Å². The van der Waals surface area contributed by atoms with Gasteiger partial charge in [-0.15, -0.1) is 0 Å². The van der Waals surface area contributed by atoms with Crippen molar-refractivity contribution in [2.45, 2.75) is 26.3 Å². The quantitative estimate of drug-likeness (QED) is 0.596. The summed E-state index contributed by atoms with van der Waals surface area (Å²) >= 11 is 0. The number of carbonyl (C=O) groups is 2. The van der Waals surface area contributed by atoms with Gasteiger partial charge in [-0.2, -0.15) is 0 Å². The minimum Gasteiger partial charge on any atom is -0.497 e. The van der Waals surface area contributed by atoms with E-state index in [2.05, 4.69) is 0 Å². The molecule has 1 heterocycles. The van der Waals surface area contributed by atoms with Crippen LogP contribution in [-0.4, -0.2) is 37.2 Å². The van der Waals surface area contributed by atoms with Gasteiger partial charge in [-0.3, -0.25) is 0 Å². The minimum atomic E-state index is -0.564. The number of rotatable bonds is 8. The average Bonchev–Trinajstić information content (AvgIpc) is 2.80. The van der Waals surface area contributed by atoms with Crippen LogP contribution in [0.25, 0.3) is 0 Å². The molecule has 0 saturated heterocycles. The molecule has 162 valence electrons. The molecule has 0 saturated carbocycles. The highest BCUT2D eigenvalue weighted by Gasteiger charge is 2.35. The van der Waals surface area contributed by atoms with Gasteiger partial charge in [0.05, 0.1) is 37.4 Å². The first kappa shape index (κ1) is 22.2. The van der Waals surface area contributed by atoms with Crippen LogP contribution in [0.3, 0.4) is 0 Å². The Morgan fingerprint density at radius 2 is 1.39 bits per heavy atom. The van der Waals surface area contributed by atoms with Crippen molar-refractivity contribution in [2.24, 2.45) is 0 Å². The molecule has 6 heteroatoms. The highest BCUT2D eigenvalue weighted by molar-refractivity contribution is 5.98. The lowest BCUT2D eigenvalue weighted by Gasteiger charge is -2.30. The Morgan fingerprint density at radius 1 is 0.839 bits per heavy atom. The molecule has 0 fully saturated rings. The van der Waals surface area contributed by atoms with Crippen LogP contribution in [0, 0.1) is 0 Å². The van der Waals surface area contributed by atoms with Crippen LogP contribution >= 0.6 is 0 Å². The molecule has 0 amide bonds. The van der Waals surface area contributed by atoms with Crippen molar-refractivity contribution in [1.29, 1.82) is 0 Å². The summed E-state index contributed by atoms with van der Waals surface area (Å²) in [5, 5.41) is 0. The molecule has 1 aliphatic rings. The molecule has 3 rings (SSSR count). The van der Waals surface area contributed by atoms with Crippen LogP contribution in [0.2, 0.25) is 0 Å². The Balaban J connectivity index is 2.03. The Morgan fingerprint density at radius 3 is 1.87 bits per heavy atom. The van der Waals surface area contributed by atoms with Crippen LogP contribution in [0.15, 0.2) is 78.1 Å². The van der Waals surface area contributed by atoms with Crippen molar-refractivity contribution in [3.05, 3.63) is 89.3 Å². The zero-order chi connectivity index (χ0) is 22.2. The van der Waals surface area contributed by atoms with E-state index < -0.39 is 17.9 Å². The zero-order valence-electron chi connectivity index (χ0n) is 18.0. The smallest absolute Gasteiger partial charge is 0.336 e. The fourth-order valence-corrected chi connectivity index (χ4v) is 3.52. The third-order valence-electron chi connectivity index (χ3n) is 4.91. The van der Waals surface area contributed by atoms with Crippen LogP contribution in [0.1, 0.15) is 30.9 Å². The number of carbonyl (C=O) groups excluding carboxylic acids is 2. The predicted molar refractivity (Wildman–Crippen MR) is 117 cm³/mol. The van der Waals surface area contributed by atoms with E-state index in [1.54, 1.807) is 33.4 Å². The summed E-state index contributed by atoms with van der Waals surface area (Å²) in [6.45, 7) is 4.48. The van der Waals surface area contributed by atoms with E-state index in [0.29, 0.717) is 17.7 Å². The first-order valence-electron chi connectivity index (χ1n) is 10.3. The van der Waals surface area contributed by atoms with Crippen molar-refractivity contribution in [2.75, 3.05) is 20.3 Å². The number of nitrogens with zero attached hydrogens (tertiary/aromatic N) is 1. The zero-order valence-corrected chi connectivity index (χ0v) is 18.0. The summed E-state index contributed by atoms with van der Waals surface area (Å²) in [4.78, 5) is 27.6. The molecule has 0 radical (unpaired) electrons. The van der Waals surface area contributed by atoms with Gasteiger partial charge in [0, 0.05) is 18.9 Å². The van der Waals surface area contributed by atoms with Crippen molar-refractivity contribution < 1.29 is 23.8 Å². The molecule has 0 bridgehead atoms. The lowest BCUT2D eigenvalue weighted by Crippen LogP contribution is -2.29. The van der Waals surface area contributed by atoms with Gasteiger partial charge in [-0.25, -0.2) is 9.59 Å². The van der Waals surface area contributed by atoms with Gasteiger partial charge < -0.3 is 19.1 Å². The average molecular weight is 421 g/mol. The summed E-state index contributed by atoms with van der Waals surface area (Å²) in [5.74, 6) is -0.708. The highest BCUT2D eigenvalue weighted by atomic mass is 16.5. The summed E-state index contributed by atoms with van der Waals surface area (Å²) in [7, 11) is 1.62. The number of hydrogen-bond donors (Lipinski definition) is 0. The van der Waals surface area contributed by atoms with Gasteiger partial charge in [0.2, 0.25) is 0 Å². The highest BCUT2D eigenvalue weighted by Crippen LogP contribution is 2.37. The number of ether oxygens (including phenoxy) is 3. The summed E-state index contributed by atoms with van der Waals surface area (Å²) < 4.78 is 15.9. The van der Waals surface area contributed by atoms with Gasteiger partial charge in [-0.05, 0) is 37.1 Å². The molecule has 2 aromatic carbocycles. The minimum absolute atomic E-state index is 0.245. The number of esters is 2. The lowest BCUT2D eigenvalue weighted by molar-refractivity contribution is -0.139. The van der Waals surface area contributed by atoms with E-state index in [1.807, 2.05) is 59.5 Å². The molecular formula is C25H27NO5. The van der Waals surface area contributed by atoms with Gasteiger partial charge >= 0.3 is 11.9 Å². The molecule has 2 aromatic rings. The van der Waals surface area contributed by atoms with Crippen molar-refractivity contribution >= 4 is 11.9 Å². The normalized spacial score (nSPS) is 13.8. The summed E-state index contributed by atoms with van der Waals surface area (Å²) in [5.41, 5.74) is 2.61. The molecule has 0 aromatic heterocycles. The van der Waals surface area contributed by atoms with E-state index in [4.69, 9.17) is 14.2 Å². The molecule has 31 heavy (non-hydrogen) atoms. The number of benzene rings is 2. The molecular weight excluding hydrogens is 394 g/mol. The van der Waals surface area contributed by atoms with Crippen LogP contribution < -0.4 is 4.74 Å². The van der Waals surface area contributed by atoms with Crippen molar-refractivity contribution in [3.8, 4) is 5.75 Å². The van der Waals surface area contributed by atoms with E-state index in [9.17, 15) is 9.59 Å². The summed E-state index contributed by atoms with van der Waals surface area (Å²) in [6, 6.07) is 17.1. The molecule has 0 aliphatic carbocycles. The van der Waals surface area contributed by atoms with Crippen molar-refractivity contribution in [1.82, 2.24) is 4.90 Å². The van der Waals surface area contributed by atoms with E-state index in [-0.39, 0.29) is 13.2 Å². The van der Waals surface area contributed by atoms with Gasteiger partial charge in [0.15, 0.2) is 0 Å². The monoisotopic (exact) mass is 421 g/mol. The Bertz CT molecular complexity index is 927. The molecule has 0 atom stereocenters. The lowest BCUT2D eigenvalue weighted by atomic mass is 9.83. The van der Waals surface area contributed by atoms with E-state index in [0.717, 1.165) is 16.9 Å². The van der Waals surface area contributed by atoms with Gasteiger partial charge in [-0.1, -0.05) is 42.5 Å². The molecule has 6 nitrogen and oxygen atoms in total. The maximum absolute atomic E-state index is 12.9.